The molecule has 3 aromatic rings. The van der Waals surface area contributed by atoms with Crippen LogP contribution in [0.3, 0.4) is 0 Å². The Hall–Kier alpha value is -3.06. The van der Waals surface area contributed by atoms with Crippen molar-refractivity contribution in [2.24, 2.45) is 0 Å². The molecule has 0 unspecified atom stereocenters. The first-order chi connectivity index (χ1) is 13.4. The lowest BCUT2D eigenvalue weighted by Crippen LogP contribution is -2.15. The van der Waals surface area contributed by atoms with Gasteiger partial charge in [0.25, 0.3) is 5.91 Å². The predicted molar refractivity (Wildman–Crippen MR) is 103 cm³/mol. The van der Waals surface area contributed by atoms with Crippen LogP contribution in [0.15, 0.2) is 83.8 Å². The molecule has 0 aliphatic carbocycles. The second kappa shape index (κ2) is 8.31. The van der Waals surface area contributed by atoms with Gasteiger partial charge in [-0.25, -0.2) is 8.42 Å². The first-order valence-electron chi connectivity index (χ1n) is 8.43. The molecule has 1 amide bonds. The maximum absolute atomic E-state index is 12.6. The number of hydrogen-bond acceptors (Lipinski definition) is 3. The first-order valence-corrected chi connectivity index (χ1v) is 9.98. The van der Waals surface area contributed by atoms with Gasteiger partial charge in [0.1, 0.15) is 0 Å². The topological polar surface area (TPSA) is 63.2 Å². The Labute approximate surface area is 161 Å². The Kier molecular flexibility index (Phi) is 5.84. The van der Waals surface area contributed by atoms with Crippen molar-refractivity contribution in [3.8, 4) is 0 Å². The van der Waals surface area contributed by atoms with Gasteiger partial charge >= 0.3 is 5.76 Å². The van der Waals surface area contributed by atoms with Crippen LogP contribution in [0, 0.1) is 0 Å². The van der Waals surface area contributed by atoms with E-state index in [0.29, 0.717) is 12.1 Å². The number of rotatable bonds is 6. The number of nitrogens with one attached hydrogen (secondary N) is 1. The van der Waals surface area contributed by atoms with Crippen molar-refractivity contribution >= 4 is 21.4 Å². The SMILES string of the molecule is O=C(Nc1ccccc1Cc1ccccc1)c1ccc(S(=O)(=O)C(F)F)cc1. The summed E-state index contributed by atoms with van der Waals surface area (Å²) in [5, 5.41) is 2.79. The Bertz CT molecular complexity index is 1070. The average Bonchev–Trinajstić information content (AvgIpc) is 2.70. The highest BCUT2D eigenvalue weighted by Gasteiger charge is 2.26. The second-order valence-electron chi connectivity index (χ2n) is 6.10. The molecule has 1 N–H and O–H groups in total. The lowest BCUT2D eigenvalue weighted by Gasteiger charge is -2.12. The molecule has 0 spiro atoms. The molecule has 0 aromatic heterocycles. The number of carbonyl (C=O) groups is 1. The van der Waals surface area contributed by atoms with Gasteiger partial charge in [-0.2, -0.15) is 8.78 Å². The maximum atomic E-state index is 12.6. The zero-order valence-corrected chi connectivity index (χ0v) is 15.5. The van der Waals surface area contributed by atoms with Gasteiger partial charge in [0.15, 0.2) is 0 Å². The summed E-state index contributed by atoms with van der Waals surface area (Å²) in [6.07, 6.45) is 0.628. The lowest BCUT2D eigenvalue weighted by atomic mass is 10.0. The molecule has 0 saturated heterocycles. The van der Waals surface area contributed by atoms with Gasteiger partial charge in [-0.05, 0) is 47.9 Å². The van der Waals surface area contributed by atoms with Crippen molar-refractivity contribution in [2.45, 2.75) is 17.1 Å². The van der Waals surface area contributed by atoms with Crippen molar-refractivity contribution in [3.63, 3.8) is 0 Å². The third-order valence-electron chi connectivity index (χ3n) is 4.18. The van der Waals surface area contributed by atoms with E-state index in [9.17, 15) is 22.0 Å². The first kappa shape index (κ1) is 19.7. The molecular formula is C21H17F2NO3S. The molecule has 0 radical (unpaired) electrons. The fourth-order valence-electron chi connectivity index (χ4n) is 2.71. The smallest absolute Gasteiger partial charge is 0.322 e. The molecule has 3 rings (SSSR count). The Balaban J connectivity index is 1.79. The van der Waals surface area contributed by atoms with Crippen LogP contribution in [0.1, 0.15) is 21.5 Å². The second-order valence-corrected chi connectivity index (χ2v) is 8.02. The number of carbonyl (C=O) groups excluding carboxylic acids is 1. The number of sulfone groups is 1. The van der Waals surface area contributed by atoms with Crippen LogP contribution in [0.5, 0.6) is 0 Å². The van der Waals surface area contributed by atoms with Crippen LogP contribution in [-0.2, 0) is 16.3 Å². The average molecular weight is 401 g/mol. The number of alkyl halides is 2. The zero-order chi connectivity index (χ0) is 20.1. The largest absolute Gasteiger partial charge is 0.341 e. The van der Waals surface area contributed by atoms with Crippen molar-refractivity contribution in [1.29, 1.82) is 0 Å². The summed E-state index contributed by atoms with van der Waals surface area (Å²) in [6, 6.07) is 21.5. The van der Waals surface area contributed by atoms with E-state index in [0.717, 1.165) is 23.3 Å². The quantitative estimate of drug-likeness (QED) is 0.660. The molecule has 0 atom stereocenters. The van der Waals surface area contributed by atoms with Crippen LogP contribution in [0.25, 0.3) is 0 Å². The fourth-order valence-corrected chi connectivity index (χ4v) is 3.43. The lowest BCUT2D eigenvalue weighted by molar-refractivity contribution is 0.102. The molecule has 144 valence electrons. The number of anilines is 1. The minimum absolute atomic E-state index is 0.169. The summed E-state index contributed by atoms with van der Waals surface area (Å²) in [7, 11) is -4.68. The summed E-state index contributed by atoms with van der Waals surface area (Å²) in [6.45, 7) is 0. The van der Waals surface area contributed by atoms with Gasteiger partial charge < -0.3 is 5.32 Å². The van der Waals surface area contributed by atoms with E-state index in [1.54, 1.807) is 12.1 Å². The highest BCUT2D eigenvalue weighted by atomic mass is 32.2. The molecule has 0 aliphatic heterocycles. The van der Waals surface area contributed by atoms with Gasteiger partial charge in [-0.15, -0.1) is 0 Å². The summed E-state index contributed by atoms with van der Waals surface area (Å²) >= 11 is 0. The molecule has 0 bridgehead atoms. The van der Waals surface area contributed by atoms with Gasteiger partial charge in [-0.1, -0.05) is 48.5 Å². The summed E-state index contributed by atoms with van der Waals surface area (Å²) in [5.74, 6) is -3.96. The molecule has 0 heterocycles. The standard InChI is InChI=1S/C21H17F2NO3S/c22-21(23)28(26,27)18-12-10-16(11-13-18)20(25)24-19-9-5-4-8-17(19)14-15-6-2-1-3-7-15/h1-13,21H,14H2,(H,24,25). The van der Waals surface area contributed by atoms with Gasteiger partial charge in [0.05, 0.1) is 4.90 Å². The number of halogens is 2. The van der Waals surface area contributed by atoms with E-state index in [4.69, 9.17) is 0 Å². The maximum Gasteiger partial charge on any atom is 0.341 e. The normalized spacial score (nSPS) is 11.4. The fraction of sp³-hybridized carbons (Fsp3) is 0.0952. The molecule has 0 aliphatic rings. The van der Waals surface area contributed by atoms with Crippen LogP contribution >= 0.6 is 0 Å². The van der Waals surface area contributed by atoms with Gasteiger partial charge in [0.2, 0.25) is 9.84 Å². The third-order valence-corrected chi connectivity index (χ3v) is 5.58. The van der Waals surface area contributed by atoms with E-state index < -0.39 is 26.4 Å². The van der Waals surface area contributed by atoms with E-state index >= 15 is 0 Å². The third kappa shape index (κ3) is 4.43. The van der Waals surface area contributed by atoms with Gasteiger partial charge in [0, 0.05) is 11.3 Å². The van der Waals surface area contributed by atoms with Crippen molar-refractivity contribution in [3.05, 3.63) is 95.6 Å². The van der Waals surface area contributed by atoms with E-state index in [2.05, 4.69) is 5.32 Å². The zero-order valence-electron chi connectivity index (χ0n) is 14.7. The molecule has 4 nitrogen and oxygen atoms in total. The summed E-state index contributed by atoms with van der Waals surface area (Å²) < 4.78 is 48.1. The summed E-state index contributed by atoms with van der Waals surface area (Å²) in [5.41, 5.74) is 2.80. The highest BCUT2D eigenvalue weighted by Crippen LogP contribution is 2.22. The number of benzene rings is 3. The minimum Gasteiger partial charge on any atom is -0.322 e. The van der Waals surface area contributed by atoms with E-state index in [1.165, 1.54) is 12.1 Å². The van der Waals surface area contributed by atoms with Crippen molar-refractivity contribution in [2.75, 3.05) is 5.32 Å². The van der Waals surface area contributed by atoms with E-state index in [1.807, 2.05) is 42.5 Å². The monoisotopic (exact) mass is 401 g/mol. The molecule has 28 heavy (non-hydrogen) atoms. The Morgan fingerprint density at radius 2 is 1.46 bits per heavy atom. The minimum atomic E-state index is -4.68. The number of para-hydroxylation sites is 1. The summed E-state index contributed by atoms with van der Waals surface area (Å²) in [4.78, 5) is 12.0. The highest BCUT2D eigenvalue weighted by molar-refractivity contribution is 7.91. The van der Waals surface area contributed by atoms with Crippen LogP contribution < -0.4 is 5.32 Å². The number of amides is 1. The van der Waals surface area contributed by atoms with E-state index in [-0.39, 0.29) is 5.56 Å². The van der Waals surface area contributed by atoms with Crippen molar-refractivity contribution < 1.29 is 22.0 Å². The molecule has 0 saturated carbocycles. The molecule has 0 fully saturated rings. The van der Waals surface area contributed by atoms with Crippen LogP contribution in [0.4, 0.5) is 14.5 Å². The van der Waals surface area contributed by atoms with Crippen molar-refractivity contribution in [1.82, 2.24) is 0 Å². The molecule has 7 heteroatoms. The molecule has 3 aromatic carbocycles. The Morgan fingerprint density at radius 3 is 2.11 bits per heavy atom. The predicted octanol–water partition coefficient (Wildman–Crippen LogP) is 4.53. The van der Waals surface area contributed by atoms with Crippen LogP contribution in [-0.4, -0.2) is 20.1 Å². The number of hydrogen-bond donors (Lipinski definition) is 1. The Morgan fingerprint density at radius 1 is 0.857 bits per heavy atom. The van der Waals surface area contributed by atoms with Gasteiger partial charge in [-0.3, -0.25) is 4.79 Å². The molecular weight excluding hydrogens is 384 g/mol. The van der Waals surface area contributed by atoms with Crippen LogP contribution in [0.2, 0.25) is 0 Å².